The zero-order chi connectivity index (χ0) is 12.7. The first kappa shape index (κ1) is 10.4. The first-order chi connectivity index (χ1) is 8.69. The van der Waals surface area contributed by atoms with Crippen LogP contribution in [0.2, 0.25) is 0 Å². The zero-order valence-electron chi connectivity index (χ0n) is 9.47. The molecule has 0 aliphatic carbocycles. The van der Waals surface area contributed by atoms with Gasteiger partial charge in [-0.05, 0) is 12.1 Å². The summed E-state index contributed by atoms with van der Waals surface area (Å²) in [5.74, 6) is -0.149. The van der Waals surface area contributed by atoms with E-state index in [2.05, 4.69) is 9.97 Å². The highest BCUT2D eigenvalue weighted by Gasteiger charge is 2.08. The smallest absolute Gasteiger partial charge is 0.408 e. The van der Waals surface area contributed by atoms with Crippen LogP contribution in [0, 0.1) is 11.3 Å². The van der Waals surface area contributed by atoms with Crippen LogP contribution in [-0.2, 0) is 7.05 Å². The van der Waals surface area contributed by atoms with Crippen LogP contribution < -0.4 is 5.76 Å². The Morgan fingerprint density at radius 2 is 2.33 bits per heavy atom. The fourth-order valence-corrected chi connectivity index (χ4v) is 1.83. The monoisotopic (exact) mass is 240 g/mol. The first-order valence-corrected chi connectivity index (χ1v) is 5.24. The van der Waals surface area contributed by atoms with Gasteiger partial charge in [0.25, 0.3) is 0 Å². The molecule has 18 heavy (non-hydrogen) atoms. The van der Waals surface area contributed by atoms with Gasteiger partial charge in [-0.15, -0.1) is 0 Å². The molecular formula is C12H8N4O2. The zero-order valence-corrected chi connectivity index (χ0v) is 9.47. The van der Waals surface area contributed by atoms with Gasteiger partial charge in [-0.25, -0.2) is 9.78 Å². The number of rotatable bonds is 1. The van der Waals surface area contributed by atoms with Crippen LogP contribution >= 0.6 is 0 Å². The van der Waals surface area contributed by atoms with Gasteiger partial charge in [0, 0.05) is 12.6 Å². The highest BCUT2D eigenvalue weighted by atomic mass is 16.4. The van der Waals surface area contributed by atoms with Crippen molar-refractivity contribution in [3.8, 4) is 17.3 Å². The summed E-state index contributed by atoms with van der Waals surface area (Å²) in [4.78, 5) is 18.1. The van der Waals surface area contributed by atoms with Crippen LogP contribution in [0.3, 0.4) is 0 Å². The van der Waals surface area contributed by atoms with Crippen molar-refractivity contribution in [2.24, 2.45) is 7.05 Å². The summed E-state index contributed by atoms with van der Waals surface area (Å²) in [6.07, 6.45) is 1.57. The summed E-state index contributed by atoms with van der Waals surface area (Å²) in [7, 11) is 1.65. The minimum absolute atomic E-state index is 0.250. The normalized spacial score (nSPS) is 10.7. The molecule has 0 saturated heterocycles. The molecule has 0 bridgehead atoms. The molecule has 1 aromatic carbocycles. The molecule has 2 heterocycles. The van der Waals surface area contributed by atoms with Gasteiger partial charge >= 0.3 is 5.76 Å². The van der Waals surface area contributed by atoms with Crippen molar-refractivity contribution >= 4 is 11.1 Å². The number of H-pyrrole nitrogens is 1. The highest BCUT2D eigenvalue weighted by Crippen LogP contribution is 2.22. The van der Waals surface area contributed by atoms with E-state index in [9.17, 15) is 4.79 Å². The van der Waals surface area contributed by atoms with Gasteiger partial charge in [-0.2, -0.15) is 5.26 Å². The van der Waals surface area contributed by atoms with Crippen molar-refractivity contribution < 1.29 is 4.42 Å². The second-order valence-corrected chi connectivity index (χ2v) is 3.87. The number of aromatic nitrogens is 3. The van der Waals surface area contributed by atoms with Gasteiger partial charge in [0.05, 0.1) is 17.4 Å². The number of imidazole rings is 1. The van der Waals surface area contributed by atoms with Crippen molar-refractivity contribution in [2.45, 2.75) is 0 Å². The predicted octanol–water partition coefficient (Wildman–Crippen LogP) is 1.39. The lowest BCUT2D eigenvalue weighted by Gasteiger charge is -1.97. The first-order valence-electron chi connectivity index (χ1n) is 5.24. The van der Waals surface area contributed by atoms with E-state index in [-0.39, 0.29) is 5.82 Å². The van der Waals surface area contributed by atoms with Gasteiger partial charge in [-0.1, -0.05) is 6.07 Å². The van der Waals surface area contributed by atoms with Crippen molar-refractivity contribution in [1.82, 2.24) is 14.5 Å². The Labute approximate surface area is 101 Å². The quantitative estimate of drug-likeness (QED) is 0.696. The van der Waals surface area contributed by atoms with E-state index in [4.69, 9.17) is 9.68 Å². The summed E-state index contributed by atoms with van der Waals surface area (Å²) in [6, 6.07) is 7.30. The summed E-state index contributed by atoms with van der Waals surface area (Å²) >= 11 is 0. The fraction of sp³-hybridized carbons (Fsp3) is 0.0833. The number of nitrogens with one attached hydrogen (secondary N) is 1. The summed E-state index contributed by atoms with van der Waals surface area (Å²) < 4.78 is 6.54. The van der Waals surface area contributed by atoms with Crippen molar-refractivity contribution in [2.75, 3.05) is 0 Å². The fourth-order valence-electron chi connectivity index (χ4n) is 1.83. The van der Waals surface area contributed by atoms with Gasteiger partial charge in [-0.3, -0.25) is 4.57 Å². The Hall–Kier alpha value is -2.81. The maximum absolute atomic E-state index is 11.4. The van der Waals surface area contributed by atoms with Crippen molar-refractivity contribution in [1.29, 1.82) is 5.26 Å². The number of benzene rings is 1. The SMILES string of the molecule is Cn1c(=O)oc2cc(-c3cnc(C#N)[nH]3)ccc21. The third-order valence-corrected chi connectivity index (χ3v) is 2.79. The number of oxazole rings is 1. The van der Waals surface area contributed by atoms with Crippen LogP contribution in [0.5, 0.6) is 0 Å². The summed E-state index contributed by atoms with van der Waals surface area (Å²) in [5, 5.41) is 8.70. The Balaban J connectivity index is 2.19. The molecular weight excluding hydrogens is 232 g/mol. The molecule has 0 atom stereocenters. The van der Waals surface area contributed by atoms with Crippen LogP contribution in [0.1, 0.15) is 5.82 Å². The molecule has 0 unspecified atom stereocenters. The van der Waals surface area contributed by atoms with Crippen LogP contribution in [0.15, 0.2) is 33.6 Å². The van der Waals surface area contributed by atoms with E-state index in [0.29, 0.717) is 11.3 Å². The van der Waals surface area contributed by atoms with Crippen LogP contribution in [0.4, 0.5) is 0 Å². The van der Waals surface area contributed by atoms with E-state index >= 15 is 0 Å². The number of aryl methyl sites for hydroxylation is 1. The lowest BCUT2D eigenvalue weighted by Crippen LogP contribution is -2.08. The molecule has 0 saturated carbocycles. The van der Waals surface area contributed by atoms with E-state index < -0.39 is 5.76 Å². The lowest BCUT2D eigenvalue weighted by atomic mass is 10.1. The molecule has 3 rings (SSSR count). The average molecular weight is 240 g/mol. The molecule has 88 valence electrons. The van der Waals surface area contributed by atoms with E-state index in [1.54, 1.807) is 25.4 Å². The van der Waals surface area contributed by atoms with Gasteiger partial charge in [0.15, 0.2) is 5.58 Å². The molecule has 0 spiro atoms. The van der Waals surface area contributed by atoms with Crippen molar-refractivity contribution in [3.63, 3.8) is 0 Å². The van der Waals surface area contributed by atoms with Crippen LogP contribution in [0.25, 0.3) is 22.4 Å². The molecule has 1 N–H and O–H groups in total. The number of aromatic amines is 1. The largest absolute Gasteiger partial charge is 0.419 e. The van der Waals surface area contributed by atoms with Gasteiger partial charge < -0.3 is 9.40 Å². The Bertz CT molecular complexity index is 832. The topological polar surface area (TPSA) is 87.6 Å². The number of hydrogen-bond donors (Lipinski definition) is 1. The number of nitrogens with zero attached hydrogens (tertiary/aromatic N) is 3. The average Bonchev–Trinajstić information content (AvgIpc) is 2.95. The predicted molar refractivity (Wildman–Crippen MR) is 63.8 cm³/mol. The molecule has 0 aliphatic heterocycles. The van der Waals surface area contributed by atoms with Crippen molar-refractivity contribution in [3.05, 3.63) is 40.8 Å². The maximum atomic E-state index is 11.4. The molecule has 0 amide bonds. The Kier molecular flexibility index (Phi) is 2.07. The van der Waals surface area contributed by atoms with Gasteiger partial charge in [0.1, 0.15) is 6.07 Å². The lowest BCUT2D eigenvalue weighted by molar-refractivity contribution is 0.528. The van der Waals surface area contributed by atoms with E-state index in [1.807, 2.05) is 12.1 Å². The number of hydrogen-bond acceptors (Lipinski definition) is 4. The minimum atomic E-state index is -0.399. The molecule has 6 heteroatoms. The maximum Gasteiger partial charge on any atom is 0.419 e. The van der Waals surface area contributed by atoms with Gasteiger partial charge in [0.2, 0.25) is 5.82 Å². The summed E-state index contributed by atoms with van der Waals surface area (Å²) in [5.41, 5.74) is 2.75. The molecule has 0 fully saturated rings. The molecule has 3 aromatic rings. The molecule has 2 aromatic heterocycles. The molecule has 6 nitrogen and oxygen atoms in total. The standard InChI is InChI=1S/C12H8N4O2/c1-16-9-3-2-7(4-10(9)18-12(16)17)8-6-14-11(5-13)15-8/h2-4,6H,1H3,(H,14,15). The van der Waals surface area contributed by atoms with Crippen LogP contribution in [-0.4, -0.2) is 14.5 Å². The third-order valence-electron chi connectivity index (χ3n) is 2.79. The number of nitriles is 1. The molecule has 0 aliphatic rings. The third kappa shape index (κ3) is 1.42. The Morgan fingerprint density at radius 3 is 3.06 bits per heavy atom. The summed E-state index contributed by atoms with van der Waals surface area (Å²) in [6.45, 7) is 0. The second kappa shape index (κ2) is 3.60. The molecule has 0 radical (unpaired) electrons. The van der Waals surface area contributed by atoms with E-state index in [0.717, 1.165) is 11.1 Å². The van der Waals surface area contributed by atoms with E-state index in [1.165, 1.54) is 4.57 Å². The minimum Gasteiger partial charge on any atom is -0.408 e. The number of fused-ring (bicyclic) bond motifs is 1. The second-order valence-electron chi connectivity index (χ2n) is 3.87. The Morgan fingerprint density at radius 1 is 1.50 bits per heavy atom. The highest BCUT2D eigenvalue weighted by molar-refractivity contribution is 5.79.